The van der Waals surface area contributed by atoms with Gasteiger partial charge in [-0.2, -0.15) is 0 Å². The molecule has 1 aromatic carbocycles. The van der Waals surface area contributed by atoms with E-state index in [1.165, 1.54) is 0 Å². The topological polar surface area (TPSA) is 71.5 Å². The Kier molecular flexibility index (Phi) is 5.28. The number of carbonyl (C=O) groups is 2. The highest BCUT2D eigenvalue weighted by molar-refractivity contribution is 5.95. The average molecular weight is 339 g/mol. The summed E-state index contributed by atoms with van der Waals surface area (Å²) >= 11 is 0. The first-order valence-corrected chi connectivity index (χ1v) is 8.37. The summed E-state index contributed by atoms with van der Waals surface area (Å²) in [4.78, 5) is 29.6. The van der Waals surface area contributed by atoms with E-state index in [-0.39, 0.29) is 11.8 Å². The van der Waals surface area contributed by atoms with Gasteiger partial charge in [-0.3, -0.25) is 14.6 Å². The van der Waals surface area contributed by atoms with Crippen molar-refractivity contribution in [2.75, 3.05) is 11.4 Å². The Morgan fingerprint density at radius 3 is 2.76 bits per heavy atom. The highest BCUT2D eigenvalue weighted by Crippen LogP contribution is 2.21. The van der Waals surface area contributed by atoms with Crippen LogP contribution in [0.25, 0.3) is 0 Å². The predicted octanol–water partition coefficient (Wildman–Crippen LogP) is 2.29. The second kappa shape index (κ2) is 7.79. The van der Waals surface area contributed by atoms with Gasteiger partial charge in [-0.1, -0.05) is 12.1 Å². The van der Waals surface area contributed by atoms with Gasteiger partial charge in [-0.25, -0.2) is 0 Å². The zero-order valence-electron chi connectivity index (χ0n) is 14.1. The molecule has 2 amide bonds. The quantitative estimate of drug-likeness (QED) is 0.876. The van der Waals surface area contributed by atoms with Gasteiger partial charge in [-0.05, 0) is 43.2 Å². The van der Waals surface area contributed by atoms with E-state index in [0.29, 0.717) is 18.7 Å². The van der Waals surface area contributed by atoms with Gasteiger partial charge in [0.05, 0.1) is 6.20 Å². The number of benzene rings is 1. The molecule has 6 heteroatoms. The van der Waals surface area contributed by atoms with Crippen molar-refractivity contribution in [2.24, 2.45) is 0 Å². The molecule has 1 fully saturated rings. The van der Waals surface area contributed by atoms with Crippen LogP contribution in [0, 0.1) is 0 Å². The van der Waals surface area contributed by atoms with Crippen LogP contribution in [-0.2, 0) is 16.1 Å². The summed E-state index contributed by atoms with van der Waals surface area (Å²) in [5.41, 5.74) is 1.88. The van der Waals surface area contributed by atoms with E-state index in [9.17, 15) is 9.59 Å². The number of hydrogen-bond acceptors (Lipinski definition) is 4. The molecule has 130 valence electrons. The minimum absolute atomic E-state index is 0.169. The molecule has 3 rings (SSSR count). The van der Waals surface area contributed by atoms with E-state index >= 15 is 0 Å². The summed E-state index contributed by atoms with van der Waals surface area (Å²) in [5.74, 6) is 0.537. The van der Waals surface area contributed by atoms with Crippen molar-refractivity contribution in [2.45, 2.75) is 32.4 Å². The van der Waals surface area contributed by atoms with Crippen molar-refractivity contribution >= 4 is 17.5 Å². The summed E-state index contributed by atoms with van der Waals surface area (Å²) in [7, 11) is 0. The summed E-state index contributed by atoms with van der Waals surface area (Å²) in [6.07, 6.45) is 4.14. The zero-order chi connectivity index (χ0) is 17.6. The maximum atomic E-state index is 12.1. The minimum Gasteiger partial charge on any atom is -0.479 e. The summed E-state index contributed by atoms with van der Waals surface area (Å²) in [6, 6.07) is 11.2. The SMILES string of the molecule is C[C@H](Oc1cccnc1)C(=O)NCc1ccc(N2CCCC2=O)cc1. The summed E-state index contributed by atoms with van der Waals surface area (Å²) < 4.78 is 5.54. The third-order valence-electron chi connectivity index (χ3n) is 4.10. The molecule has 0 spiro atoms. The van der Waals surface area contributed by atoms with Gasteiger partial charge in [0, 0.05) is 31.4 Å². The lowest BCUT2D eigenvalue weighted by molar-refractivity contribution is -0.127. The highest BCUT2D eigenvalue weighted by Gasteiger charge is 2.21. The third kappa shape index (κ3) is 4.35. The molecule has 1 aromatic heterocycles. The molecule has 2 heterocycles. The fraction of sp³-hybridized carbons (Fsp3) is 0.316. The van der Waals surface area contributed by atoms with Crippen molar-refractivity contribution in [1.82, 2.24) is 10.3 Å². The van der Waals surface area contributed by atoms with Crippen LogP contribution in [0.3, 0.4) is 0 Å². The minimum atomic E-state index is -0.606. The Bertz CT molecular complexity index is 731. The largest absolute Gasteiger partial charge is 0.479 e. The van der Waals surface area contributed by atoms with Crippen molar-refractivity contribution in [3.05, 3.63) is 54.4 Å². The molecule has 0 radical (unpaired) electrons. The lowest BCUT2D eigenvalue weighted by Gasteiger charge is -2.17. The Morgan fingerprint density at radius 1 is 1.32 bits per heavy atom. The second-order valence-electron chi connectivity index (χ2n) is 5.98. The number of rotatable bonds is 6. The zero-order valence-corrected chi connectivity index (χ0v) is 14.1. The van der Waals surface area contributed by atoms with E-state index in [1.54, 1.807) is 36.4 Å². The van der Waals surface area contributed by atoms with Gasteiger partial charge in [0.15, 0.2) is 6.10 Å². The Balaban J connectivity index is 1.51. The maximum Gasteiger partial charge on any atom is 0.261 e. The number of nitrogens with zero attached hydrogens (tertiary/aromatic N) is 2. The average Bonchev–Trinajstić information content (AvgIpc) is 3.07. The highest BCUT2D eigenvalue weighted by atomic mass is 16.5. The van der Waals surface area contributed by atoms with E-state index in [2.05, 4.69) is 10.3 Å². The van der Waals surface area contributed by atoms with Crippen LogP contribution in [0.2, 0.25) is 0 Å². The number of nitrogens with one attached hydrogen (secondary N) is 1. The first-order valence-electron chi connectivity index (χ1n) is 8.37. The fourth-order valence-corrected chi connectivity index (χ4v) is 2.72. The molecule has 0 saturated carbocycles. The number of aromatic nitrogens is 1. The predicted molar refractivity (Wildman–Crippen MR) is 94.2 cm³/mol. The molecule has 0 bridgehead atoms. The first kappa shape index (κ1) is 17.0. The van der Waals surface area contributed by atoms with Crippen LogP contribution >= 0.6 is 0 Å². The van der Waals surface area contributed by atoms with Crippen molar-refractivity contribution in [1.29, 1.82) is 0 Å². The van der Waals surface area contributed by atoms with Crippen LogP contribution < -0.4 is 15.0 Å². The van der Waals surface area contributed by atoms with Gasteiger partial charge in [0.2, 0.25) is 5.91 Å². The molecule has 1 saturated heterocycles. The fourth-order valence-electron chi connectivity index (χ4n) is 2.72. The number of anilines is 1. The Morgan fingerprint density at radius 2 is 2.12 bits per heavy atom. The smallest absolute Gasteiger partial charge is 0.261 e. The van der Waals surface area contributed by atoms with Crippen molar-refractivity contribution in [3.63, 3.8) is 0 Å². The number of ether oxygens (including phenoxy) is 1. The number of carbonyl (C=O) groups excluding carboxylic acids is 2. The Labute approximate surface area is 146 Å². The molecular formula is C19H21N3O3. The number of amides is 2. The molecule has 1 aliphatic heterocycles. The molecule has 1 N–H and O–H groups in total. The molecular weight excluding hydrogens is 318 g/mol. The lowest BCUT2D eigenvalue weighted by Crippen LogP contribution is -2.35. The van der Waals surface area contributed by atoms with Crippen LogP contribution in [0.1, 0.15) is 25.3 Å². The van der Waals surface area contributed by atoms with Gasteiger partial charge < -0.3 is 15.0 Å². The third-order valence-corrected chi connectivity index (χ3v) is 4.10. The van der Waals surface area contributed by atoms with Gasteiger partial charge >= 0.3 is 0 Å². The Hall–Kier alpha value is -2.89. The number of pyridine rings is 1. The lowest BCUT2D eigenvalue weighted by atomic mass is 10.2. The maximum absolute atomic E-state index is 12.1. The van der Waals surface area contributed by atoms with Crippen LogP contribution in [0.15, 0.2) is 48.8 Å². The van der Waals surface area contributed by atoms with Crippen molar-refractivity contribution < 1.29 is 14.3 Å². The van der Waals surface area contributed by atoms with E-state index < -0.39 is 6.10 Å². The molecule has 1 atom stereocenters. The second-order valence-corrected chi connectivity index (χ2v) is 5.98. The van der Waals surface area contributed by atoms with Crippen molar-refractivity contribution in [3.8, 4) is 5.75 Å². The van der Waals surface area contributed by atoms with Crippen LogP contribution in [-0.4, -0.2) is 29.4 Å². The molecule has 1 aliphatic rings. The molecule has 0 unspecified atom stereocenters. The molecule has 0 aliphatic carbocycles. The normalized spacial score (nSPS) is 15.1. The standard InChI is InChI=1S/C19H21N3O3/c1-14(25-17-4-2-10-20-13-17)19(24)21-12-15-6-8-16(9-7-15)22-11-3-5-18(22)23/h2,4,6-10,13-14H,3,5,11-12H2,1H3,(H,21,24)/t14-/m0/s1. The number of hydrogen-bond donors (Lipinski definition) is 1. The summed E-state index contributed by atoms with van der Waals surface area (Å²) in [6.45, 7) is 2.89. The van der Waals surface area contributed by atoms with Crippen LogP contribution in [0.5, 0.6) is 5.75 Å². The van der Waals surface area contributed by atoms with Gasteiger partial charge in [0.25, 0.3) is 5.91 Å². The van der Waals surface area contributed by atoms with E-state index in [4.69, 9.17) is 4.74 Å². The molecule has 25 heavy (non-hydrogen) atoms. The van der Waals surface area contributed by atoms with E-state index in [0.717, 1.165) is 24.2 Å². The van der Waals surface area contributed by atoms with Gasteiger partial charge in [-0.15, -0.1) is 0 Å². The molecule has 6 nitrogen and oxygen atoms in total. The van der Waals surface area contributed by atoms with Crippen LogP contribution in [0.4, 0.5) is 5.69 Å². The monoisotopic (exact) mass is 339 g/mol. The first-order chi connectivity index (χ1) is 12.1. The summed E-state index contributed by atoms with van der Waals surface area (Å²) in [5, 5.41) is 2.85. The van der Waals surface area contributed by atoms with E-state index in [1.807, 2.05) is 24.3 Å². The van der Waals surface area contributed by atoms with Gasteiger partial charge in [0.1, 0.15) is 5.75 Å². The molecule has 2 aromatic rings.